The number of aromatic nitrogens is 3. The molecule has 0 aliphatic rings. The second-order valence-electron chi connectivity index (χ2n) is 2.52. The van der Waals surface area contributed by atoms with Crippen molar-refractivity contribution in [2.24, 2.45) is 0 Å². The number of hydrogen-bond donors (Lipinski definition) is 0. The molecule has 2 heterocycles. The Balaban J connectivity index is 2.18. The minimum absolute atomic E-state index is 0.476. The van der Waals surface area contributed by atoms with Crippen LogP contribution in [-0.2, 0) is 0 Å². The fourth-order valence-corrected chi connectivity index (χ4v) is 2.51. The van der Waals surface area contributed by atoms with Crippen LogP contribution in [0.2, 0.25) is 0 Å². The van der Waals surface area contributed by atoms with Gasteiger partial charge in [0.2, 0.25) is 5.95 Å². The zero-order chi connectivity index (χ0) is 9.97. The normalized spacial score (nSPS) is 10.4. The average molecular weight is 227 g/mol. The van der Waals surface area contributed by atoms with Gasteiger partial charge in [-0.3, -0.25) is 0 Å². The Labute approximate surface area is 88.6 Å². The van der Waals surface area contributed by atoms with Crippen molar-refractivity contribution in [2.45, 2.75) is 16.2 Å². The summed E-state index contributed by atoms with van der Waals surface area (Å²) >= 11 is 2.70. The first kappa shape index (κ1) is 9.54. The summed E-state index contributed by atoms with van der Waals surface area (Å²) in [6, 6.07) is 3.12. The molecule has 0 N–H and O–H groups in total. The van der Waals surface area contributed by atoms with Crippen molar-refractivity contribution in [3.63, 3.8) is 0 Å². The van der Waals surface area contributed by atoms with Crippen LogP contribution < -0.4 is 0 Å². The third kappa shape index (κ3) is 2.27. The first-order chi connectivity index (χ1) is 6.74. The van der Waals surface area contributed by atoms with Crippen molar-refractivity contribution in [3.05, 3.63) is 30.1 Å². The summed E-state index contributed by atoms with van der Waals surface area (Å²) in [5, 5.41) is 0. The van der Waals surface area contributed by atoms with Gasteiger partial charge in [-0.05, 0) is 24.5 Å². The van der Waals surface area contributed by atoms with Gasteiger partial charge in [0.1, 0.15) is 5.82 Å². The molecule has 0 amide bonds. The fraction of sp³-hybridized carbons (Fsp3) is 0.125. The van der Waals surface area contributed by atoms with E-state index in [4.69, 9.17) is 0 Å². The lowest BCUT2D eigenvalue weighted by atomic mass is 10.5. The topological polar surface area (TPSA) is 38.7 Å². The monoisotopic (exact) mass is 227 g/mol. The molecule has 3 nitrogen and oxygen atoms in total. The first-order valence-electron chi connectivity index (χ1n) is 3.84. The van der Waals surface area contributed by atoms with Crippen LogP contribution in [0.15, 0.2) is 27.6 Å². The molecular formula is C8H6FN3S2. The number of halogens is 1. The van der Waals surface area contributed by atoms with Gasteiger partial charge in [-0.2, -0.15) is 8.76 Å². The van der Waals surface area contributed by atoms with Gasteiger partial charge >= 0.3 is 0 Å². The molecule has 2 rings (SSSR count). The maximum Gasteiger partial charge on any atom is 0.213 e. The van der Waals surface area contributed by atoms with Gasteiger partial charge in [-0.1, -0.05) is 11.8 Å². The lowest BCUT2D eigenvalue weighted by Gasteiger charge is -1.95. The van der Waals surface area contributed by atoms with Crippen LogP contribution in [0.25, 0.3) is 0 Å². The van der Waals surface area contributed by atoms with E-state index >= 15 is 0 Å². The Hall–Kier alpha value is -1.01. The second kappa shape index (κ2) is 4.02. The van der Waals surface area contributed by atoms with Crippen molar-refractivity contribution in [1.82, 2.24) is 14.3 Å². The van der Waals surface area contributed by atoms with E-state index in [1.54, 1.807) is 6.07 Å². The van der Waals surface area contributed by atoms with Gasteiger partial charge in [0.15, 0.2) is 4.34 Å². The van der Waals surface area contributed by atoms with Gasteiger partial charge in [0, 0.05) is 17.2 Å². The van der Waals surface area contributed by atoms with Crippen LogP contribution in [0, 0.1) is 12.9 Å². The molecule has 0 radical (unpaired) electrons. The van der Waals surface area contributed by atoms with Gasteiger partial charge in [-0.25, -0.2) is 9.97 Å². The van der Waals surface area contributed by atoms with Crippen LogP contribution in [-0.4, -0.2) is 14.3 Å². The quantitative estimate of drug-likeness (QED) is 0.739. The third-order valence-corrected chi connectivity index (χ3v) is 3.24. The highest BCUT2D eigenvalue weighted by atomic mass is 32.2. The summed E-state index contributed by atoms with van der Waals surface area (Å²) < 4.78 is 17.6. The molecule has 6 heteroatoms. The molecule has 0 fully saturated rings. The Kier molecular flexibility index (Phi) is 2.74. The van der Waals surface area contributed by atoms with Crippen LogP contribution in [0.3, 0.4) is 0 Å². The zero-order valence-corrected chi connectivity index (χ0v) is 8.90. The number of rotatable bonds is 2. The minimum atomic E-state index is -0.476. The molecule has 14 heavy (non-hydrogen) atoms. The van der Waals surface area contributed by atoms with Crippen molar-refractivity contribution < 1.29 is 4.39 Å². The van der Waals surface area contributed by atoms with Gasteiger partial charge in [0.05, 0.1) is 0 Å². The molecule has 0 aromatic carbocycles. The number of hydrogen-bond acceptors (Lipinski definition) is 5. The second-order valence-corrected chi connectivity index (χ2v) is 4.60. The van der Waals surface area contributed by atoms with Crippen LogP contribution >= 0.6 is 23.3 Å². The molecule has 0 saturated heterocycles. The molecule has 2 aromatic heterocycles. The average Bonchev–Trinajstić information content (AvgIpc) is 2.51. The summed E-state index contributed by atoms with van der Waals surface area (Å²) in [6.07, 6.45) is 1.44. The number of pyridine rings is 1. The summed E-state index contributed by atoms with van der Waals surface area (Å²) in [5.74, 6) is 0.267. The number of nitrogens with zero attached hydrogens (tertiary/aromatic N) is 3. The van der Waals surface area contributed by atoms with E-state index in [0.29, 0.717) is 0 Å². The molecular weight excluding hydrogens is 221 g/mol. The maximum absolute atomic E-state index is 12.7. The smallest absolute Gasteiger partial charge is 0.213 e. The van der Waals surface area contributed by atoms with Crippen LogP contribution in [0.5, 0.6) is 0 Å². The van der Waals surface area contributed by atoms with Gasteiger partial charge in [0.25, 0.3) is 0 Å². The van der Waals surface area contributed by atoms with Gasteiger partial charge in [-0.15, -0.1) is 0 Å². The fourth-order valence-electron chi connectivity index (χ4n) is 0.868. The Morgan fingerprint density at radius 3 is 3.00 bits per heavy atom. The Bertz CT molecular complexity index is 444. The highest BCUT2D eigenvalue weighted by molar-refractivity contribution is 8.01. The molecule has 0 aliphatic carbocycles. The van der Waals surface area contributed by atoms with Crippen molar-refractivity contribution in [1.29, 1.82) is 0 Å². The molecule has 2 aromatic rings. The molecule has 0 saturated carbocycles. The van der Waals surface area contributed by atoms with E-state index in [9.17, 15) is 4.39 Å². The highest BCUT2D eigenvalue weighted by Crippen LogP contribution is 2.28. The molecule has 0 spiro atoms. The van der Waals surface area contributed by atoms with Crippen LogP contribution in [0.4, 0.5) is 4.39 Å². The van der Waals surface area contributed by atoms with Crippen molar-refractivity contribution in [2.75, 3.05) is 0 Å². The van der Waals surface area contributed by atoms with Crippen molar-refractivity contribution in [3.8, 4) is 0 Å². The summed E-state index contributed by atoms with van der Waals surface area (Å²) in [7, 11) is 0. The molecule has 0 atom stereocenters. The highest BCUT2D eigenvalue weighted by Gasteiger charge is 2.03. The lowest BCUT2D eigenvalue weighted by Crippen LogP contribution is -1.81. The number of aryl methyl sites for hydroxylation is 1. The summed E-state index contributed by atoms with van der Waals surface area (Å²) in [5.41, 5.74) is 0. The van der Waals surface area contributed by atoms with E-state index in [1.165, 1.54) is 35.6 Å². The predicted molar refractivity (Wildman–Crippen MR) is 53.0 cm³/mol. The predicted octanol–water partition coefficient (Wildman–Crippen LogP) is 2.53. The van der Waals surface area contributed by atoms with Crippen LogP contribution in [0.1, 0.15) is 5.82 Å². The maximum atomic E-state index is 12.7. The lowest BCUT2D eigenvalue weighted by molar-refractivity contribution is 0.579. The van der Waals surface area contributed by atoms with Crippen molar-refractivity contribution >= 4 is 23.3 Å². The standard InChI is InChI=1S/C8H6FN3S2/c1-5-11-8(14-12-5)13-6-2-3-10-7(9)4-6/h2-4H,1H3. The zero-order valence-electron chi connectivity index (χ0n) is 7.27. The molecule has 0 bridgehead atoms. The largest absolute Gasteiger partial charge is 0.228 e. The first-order valence-corrected chi connectivity index (χ1v) is 5.43. The van der Waals surface area contributed by atoms with E-state index in [0.717, 1.165) is 15.1 Å². The van der Waals surface area contributed by atoms with E-state index < -0.39 is 5.95 Å². The molecule has 0 aliphatic heterocycles. The minimum Gasteiger partial charge on any atom is -0.228 e. The molecule has 0 unspecified atom stereocenters. The summed E-state index contributed by atoms with van der Waals surface area (Å²) in [6.45, 7) is 1.83. The third-order valence-electron chi connectivity index (χ3n) is 1.41. The SMILES string of the molecule is Cc1nsc(Sc2ccnc(F)c2)n1. The Morgan fingerprint density at radius 1 is 1.50 bits per heavy atom. The Morgan fingerprint density at radius 2 is 2.36 bits per heavy atom. The van der Waals surface area contributed by atoms with E-state index in [2.05, 4.69) is 14.3 Å². The molecule has 72 valence electrons. The van der Waals surface area contributed by atoms with E-state index in [1.807, 2.05) is 6.92 Å². The van der Waals surface area contributed by atoms with Gasteiger partial charge < -0.3 is 0 Å². The van der Waals surface area contributed by atoms with E-state index in [-0.39, 0.29) is 0 Å². The summed E-state index contributed by atoms with van der Waals surface area (Å²) in [4.78, 5) is 8.42.